The number of carbonyl (C=O) groups is 2. The smallest absolute Gasteiger partial charge is 0.331 e. The molecular weight excluding hydrogens is 334 g/mol. The molecule has 0 aliphatic carbocycles. The maximum Gasteiger partial charge on any atom is 0.331 e. The lowest BCUT2D eigenvalue weighted by Crippen LogP contribution is -2.11. The highest BCUT2D eigenvalue weighted by atomic mass is 16.5. The molecular formula is C20H13NO5. The molecule has 0 aliphatic rings. The van der Waals surface area contributed by atoms with Gasteiger partial charge in [0.25, 0.3) is 0 Å². The van der Waals surface area contributed by atoms with Crippen LogP contribution >= 0.6 is 0 Å². The molecule has 0 saturated heterocycles. The van der Waals surface area contributed by atoms with Gasteiger partial charge in [-0.15, -0.1) is 0 Å². The largest absolute Gasteiger partial charge is 0.454 e. The van der Waals surface area contributed by atoms with E-state index in [4.69, 9.17) is 13.6 Å². The van der Waals surface area contributed by atoms with E-state index < -0.39 is 18.4 Å². The summed E-state index contributed by atoms with van der Waals surface area (Å²) in [5.74, 6) is -0.643. The molecule has 0 bridgehead atoms. The monoisotopic (exact) mass is 347 g/mol. The van der Waals surface area contributed by atoms with E-state index in [1.807, 2.05) is 30.3 Å². The summed E-state index contributed by atoms with van der Waals surface area (Å²) in [7, 11) is 0. The van der Waals surface area contributed by atoms with Crippen molar-refractivity contribution in [3.05, 3.63) is 72.3 Å². The van der Waals surface area contributed by atoms with Crippen LogP contribution in [0.3, 0.4) is 0 Å². The molecule has 0 unspecified atom stereocenters. The number of para-hydroxylation sites is 3. The summed E-state index contributed by atoms with van der Waals surface area (Å²) in [5.41, 5.74) is 1.93. The van der Waals surface area contributed by atoms with Crippen LogP contribution in [0.25, 0.3) is 28.1 Å². The van der Waals surface area contributed by atoms with Gasteiger partial charge in [-0.2, -0.15) is 0 Å². The van der Waals surface area contributed by atoms with Gasteiger partial charge in [-0.25, -0.2) is 9.78 Å². The van der Waals surface area contributed by atoms with Crippen LogP contribution in [0.1, 0.15) is 16.4 Å². The van der Waals surface area contributed by atoms with Gasteiger partial charge in [0.2, 0.25) is 11.7 Å². The molecule has 2 aromatic heterocycles. The number of fused-ring (bicyclic) bond motifs is 2. The van der Waals surface area contributed by atoms with Crippen molar-refractivity contribution >= 4 is 39.9 Å². The normalized spacial score (nSPS) is 11.4. The van der Waals surface area contributed by atoms with Crippen LogP contribution < -0.4 is 0 Å². The summed E-state index contributed by atoms with van der Waals surface area (Å²) in [6.07, 6.45) is 2.56. The second-order valence-corrected chi connectivity index (χ2v) is 5.53. The Labute approximate surface area is 147 Å². The molecule has 2 heterocycles. The summed E-state index contributed by atoms with van der Waals surface area (Å²) in [5, 5.41) is 0.818. The lowest BCUT2D eigenvalue weighted by atomic mass is 10.2. The van der Waals surface area contributed by atoms with E-state index in [0.29, 0.717) is 16.7 Å². The molecule has 0 radical (unpaired) electrons. The fourth-order valence-electron chi connectivity index (χ4n) is 2.48. The number of hydrogen-bond donors (Lipinski definition) is 0. The molecule has 0 aliphatic heterocycles. The maximum atomic E-state index is 12.1. The van der Waals surface area contributed by atoms with E-state index >= 15 is 0 Å². The second kappa shape index (κ2) is 6.68. The predicted molar refractivity (Wildman–Crippen MR) is 94.5 cm³/mol. The third-order valence-electron chi connectivity index (χ3n) is 3.72. The number of benzene rings is 2. The lowest BCUT2D eigenvalue weighted by Gasteiger charge is -1.98. The third kappa shape index (κ3) is 3.25. The highest BCUT2D eigenvalue weighted by Gasteiger charge is 2.14. The number of oxazole rings is 1. The van der Waals surface area contributed by atoms with Gasteiger partial charge in [0.05, 0.1) is 0 Å². The molecule has 6 heteroatoms. The summed E-state index contributed by atoms with van der Waals surface area (Å²) in [6, 6.07) is 16.2. The van der Waals surface area contributed by atoms with Gasteiger partial charge in [0, 0.05) is 17.5 Å². The number of ketones is 1. The third-order valence-corrected chi connectivity index (χ3v) is 3.72. The van der Waals surface area contributed by atoms with Crippen LogP contribution in [-0.2, 0) is 9.53 Å². The molecule has 4 aromatic rings. The summed E-state index contributed by atoms with van der Waals surface area (Å²) in [6.45, 7) is -0.406. The fraction of sp³-hybridized carbons (Fsp3) is 0.0500. The van der Waals surface area contributed by atoms with Crippen LogP contribution in [0.15, 0.2) is 69.5 Å². The Morgan fingerprint density at radius 2 is 1.77 bits per heavy atom. The Kier molecular flexibility index (Phi) is 4.07. The van der Waals surface area contributed by atoms with Crippen molar-refractivity contribution in [1.82, 2.24) is 4.98 Å². The number of rotatable bonds is 5. The predicted octanol–water partition coefficient (Wildman–Crippen LogP) is 4.01. The maximum absolute atomic E-state index is 12.1. The van der Waals surface area contributed by atoms with Crippen LogP contribution in [0, 0.1) is 0 Å². The molecule has 128 valence electrons. The minimum absolute atomic E-state index is 0.155. The Bertz CT molecular complexity index is 1070. The van der Waals surface area contributed by atoms with Crippen molar-refractivity contribution in [2.24, 2.45) is 0 Å². The number of aromatic nitrogens is 1. The number of hydrogen-bond acceptors (Lipinski definition) is 6. The number of esters is 1. The Hall–Kier alpha value is -3.67. The first-order valence-electron chi connectivity index (χ1n) is 7.91. The number of nitrogens with zero attached hydrogens (tertiary/aromatic N) is 1. The minimum Gasteiger partial charge on any atom is -0.454 e. The minimum atomic E-state index is -0.670. The zero-order valence-corrected chi connectivity index (χ0v) is 13.5. The van der Waals surface area contributed by atoms with E-state index in [0.717, 1.165) is 11.5 Å². The SMILES string of the molecule is O=C(C=Cc1nc2ccccc2o1)OCC(=O)c1cc2ccccc2o1. The van der Waals surface area contributed by atoms with Crippen molar-refractivity contribution in [3.63, 3.8) is 0 Å². The number of ether oxygens (including phenoxy) is 1. The summed E-state index contributed by atoms with van der Waals surface area (Å²) >= 11 is 0. The Morgan fingerprint density at radius 3 is 2.58 bits per heavy atom. The number of furan rings is 1. The van der Waals surface area contributed by atoms with Crippen LogP contribution in [0.4, 0.5) is 0 Å². The van der Waals surface area contributed by atoms with Crippen LogP contribution in [-0.4, -0.2) is 23.3 Å². The van der Waals surface area contributed by atoms with Crippen molar-refractivity contribution < 1.29 is 23.2 Å². The van der Waals surface area contributed by atoms with Gasteiger partial charge in [0.1, 0.15) is 11.1 Å². The quantitative estimate of drug-likeness (QED) is 0.308. The number of Topliss-reactive ketones (excluding diaryl/α,β-unsaturated/α-hetero) is 1. The molecule has 0 amide bonds. The molecule has 4 rings (SSSR count). The average molecular weight is 347 g/mol. The van der Waals surface area contributed by atoms with Gasteiger partial charge < -0.3 is 13.6 Å². The van der Waals surface area contributed by atoms with E-state index in [1.165, 1.54) is 6.08 Å². The van der Waals surface area contributed by atoms with Crippen LogP contribution in [0.5, 0.6) is 0 Å². The molecule has 0 N–H and O–H groups in total. The average Bonchev–Trinajstić information content (AvgIpc) is 3.27. The Morgan fingerprint density at radius 1 is 1.00 bits per heavy atom. The summed E-state index contributed by atoms with van der Waals surface area (Å²) in [4.78, 5) is 28.1. The van der Waals surface area contributed by atoms with Crippen molar-refractivity contribution in [2.45, 2.75) is 0 Å². The Balaban J connectivity index is 1.37. The zero-order valence-electron chi connectivity index (χ0n) is 13.5. The highest BCUT2D eigenvalue weighted by Crippen LogP contribution is 2.19. The molecule has 0 atom stereocenters. The fourth-order valence-corrected chi connectivity index (χ4v) is 2.48. The molecule has 0 saturated carbocycles. The van der Waals surface area contributed by atoms with Crippen LogP contribution in [0.2, 0.25) is 0 Å². The van der Waals surface area contributed by atoms with E-state index in [1.54, 1.807) is 24.3 Å². The van der Waals surface area contributed by atoms with E-state index in [2.05, 4.69) is 4.98 Å². The van der Waals surface area contributed by atoms with Gasteiger partial charge in [0.15, 0.2) is 18.0 Å². The first kappa shape index (κ1) is 15.8. The number of carbonyl (C=O) groups excluding carboxylic acids is 2. The lowest BCUT2D eigenvalue weighted by molar-refractivity contribution is -0.136. The van der Waals surface area contributed by atoms with Gasteiger partial charge in [-0.1, -0.05) is 30.3 Å². The molecule has 0 fully saturated rings. The first-order valence-corrected chi connectivity index (χ1v) is 7.91. The highest BCUT2D eigenvalue weighted by molar-refractivity contribution is 5.99. The first-order chi connectivity index (χ1) is 12.7. The van der Waals surface area contributed by atoms with Gasteiger partial charge in [-0.3, -0.25) is 4.79 Å². The topological polar surface area (TPSA) is 82.5 Å². The van der Waals surface area contributed by atoms with Gasteiger partial charge >= 0.3 is 5.97 Å². The second-order valence-electron chi connectivity index (χ2n) is 5.53. The van der Waals surface area contributed by atoms with E-state index in [-0.39, 0.29) is 11.7 Å². The standard InChI is InChI=1S/C20H13NO5/c22-15(18-11-13-5-1-3-7-16(13)25-18)12-24-20(23)10-9-19-21-14-6-2-4-8-17(14)26-19/h1-11H,12H2. The van der Waals surface area contributed by atoms with E-state index in [9.17, 15) is 9.59 Å². The zero-order chi connectivity index (χ0) is 17.9. The van der Waals surface area contributed by atoms with Crippen molar-refractivity contribution in [1.29, 1.82) is 0 Å². The van der Waals surface area contributed by atoms with Gasteiger partial charge in [-0.05, 0) is 24.3 Å². The molecule has 2 aromatic carbocycles. The van der Waals surface area contributed by atoms with Crippen molar-refractivity contribution in [2.75, 3.05) is 6.61 Å². The molecule has 0 spiro atoms. The molecule has 26 heavy (non-hydrogen) atoms. The summed E-state index contributed by atoms with van der Waals surface area (Å²) < 4.78 is 15.8. The molecule has 6 nitrogen and oxygen atoms in total. The van der Waals surface area contributed by atoms with Crippen molar-refractivity contribution in [3.8, 4) is 0 Å².